The van der Waals surface area contributed by atoms with Gasteiger partial charge in [-0.3, -0.25) is 10.1 Å². The lowest BCUT2D eigenvalue weighted by molar-refractivity contribution is 0.0133. The summed E-state index contributed by atoms with van der Waals surface area (Å²) in [6.07, 6.45) is -0.985. The van der Waals surface area contributed by atoms with Crippen LogP contribution in [-0.2, 0) is 4.74 Å². The first kappa shape index (κ1) is 23.4. The number of rotatable bonds is 10. The number of anilines is 1. The van der Waals surface area contributed by atoms with Crippen molar-refractivity contribution in [1.29, 1.82) is 0 Å². The van der Waals surface area contributed by atoms with Gasteiger partial charge in [0.05, 0.1) is 6.61 Å². The Balaban J connectivity index is 2.26. The molecule has 0 radical (unpaired) electrons. The van der Waals surface area contributed by atoms with Gasteiger partial charge in [0, 0.05) is 28.8 Å². The predicted octanol–water partition coefficient (Wildman–Crippen LogP) is 3.96. The van der Waals surface area contributed by atoms with Gasteiger partial charge in [-0.15, -0.1) is 0 Å². The number of amides is 1. The van der Waals surface area contributed by atoms with E-state index in [1.54, 1.807) is 42.5 Å². The molecule has 1 amide bonds. The highest BCUT2D eigenvalue weighted by Crippen LogP contribution is 2.43. The maximum Gasteiger partial charge on any atom is 0.412 e. The molecule has 162 valence electrons. The SMILES string of the molecule is CC(=O)c1ccc(NC(=O)O[C@@H](c2ccccc2OCCO)C(C)(C)CCO)cc1. The number of Topliss-reactive ketones (excluding diaryl/α,β-unsaturated/α-hetero) is 1. The first-order valence-corrected chi connectivity index (χ1v) is 9.80. The number of ketones is 1. The second-order valence-electron chi connectivity index (χ2n) is 7.62. The molecule has 3 N–H and O–H groups in total. The Labute approximate surface area is 176 Å². The molecule has 0 aliphatic heterocycles. The van der Waals surface area contributed by atoms with Gasteiger partial charge in [0.2, 0.25) is 0 Å². The molecule has 2 aromatic carbocycles. The highest BCUT2D eigenvalue weighted by atomic mass is 16.6. The van der Waals surface area contributed by atoms with Crippen molar-refractivity contribution in [3.05, 3.63) is 59.7 Å². The summed E-state index contributed by atoms with van der Waals surface area (Å²) in [6, 6.07) is 13.7. The monoisotopic (exact) mass is 415 g/mol. The second kappa shape index (κ2) is 10.8. The molecule has 0 saturated heterocycles. The maximum absolute atomic E-state index is 12.6. The number of para-hydroxylation sites is 1. The van der Waals surface area contributed by atoms with Gasteiger partial charge in [0.25, 0.3) is 0 Å². The predicted molar refractivity (Wildman–Crippen MR) is 114 cm³/mol. The fourth-order valence-electron chi connectivity index (χ4n) is 3.09. The molecule has 2 aromatic rings. The zero-order valence-electron chi connectivity index (χ0n) is 17.6. The summed E-state index contributed by atoms with van der Waals surface area (Å²) in [5.74, 6) is 0.440. The number of hydrogen-bond donors (Lipinski definition) is 3. The van der Waals surface area contributed by atoms with Crippen LogP contribution in [0.2, 0.25) is 0 Å². The Hall–Kier alpha value is -2.90. The average Bonchev–Trinajstić information content (AvgIpc) is 2.71. The first-order valence-electron chi connectivity index (χ1n) is 9.80. The standard InChI is InChI=1S/C23H29NO6/c1-16(27)17-8-10-18(11-9-17)24-22(28)30-21(23(2,3)12-13-25)19-6-4-5-7-20(19)29-15-14-26/h4-11,21,25-26H,12-15H2,1-3H3,(H,24,28)/t21-/m0/s1. The molecule has 0 spiro atoms. The van der Waals surface area contributed by atoms with E-state index in [9.17, 15) is 14.7 Å². The summed E-state index contributed by atoms with van der Waals surface area (Å²) in [7, 11) is 0. The molecule has 0 aliphatic rings. The molecule has 30 heavy (non-hydrogen) atoms. The van der Waals surface area contributed by atoms with E-state index in [1.165, 1.54) is 6.92 Å². The highest BCUT2D eigenvalue weighted by Gasteiger charge is 2.36. The van der Waals surface area contributed by atoms with Gasteiger partial charge in [0.15, 0.2) is 5.78 Å². The Morgan fingerprint density at radius 3 is 2.30 bits per heavy atom. The van der Waals surface area contributed by atoms with Crippen molar-refractivity contribution >= 4 is 17.6 Å². The maximum atomic E-state index is 12.6. The van der Waals surface area contributed by atoms with E-state index in [-0.39, 0.29) is 25.6 Å². The van der Waals surface area contributed by atoms with E-state index in [0.29, 0.717) is 29.0 Å². The van der Waals surface area contributed by atoms with E-state index in [4.69, 9.17) is 14.6 Å². The average molecular weight is 415 g/mol. The van der Waals surface area contributed by atoms with Crippen LogP contribution < -0.4 is 10.1 Å². The molecule has 0 aromatic heterocycles. The van der Waals surface area contributed by atoms with E-state index >= 15 is 0 Å². The van der Waals surface area contributed by atoms with Crippen LogP contribution in [0.5, 0.6) is 5.75 Å². The Morgan fingerprint density at radius 2 is 1.70 bits per heavy atom. The fraction of sp³-hybridized carbons (Fsp3) is 0.391. The van der Waals surface area contributed by atoms with Crippen molar-refractivity contribution in [2.75, 3.05) is 25.1 Å². The van der Waals surface area contributed by atoms with Gasteiger partial charge in [-0.2, -0.15) is 0 Å². The van der Waals surface area contributed by atoms with E-state index in [0.717, 1.165) is 0 Å². The van der Waals surface area contributed by atoms with Crippen LogP contribution in [0.1, 0.15) is 49.2 Å². The van der Waals surface area contributed by atoms with Crippen LogP contribution in [-0.4, -0.2) is 41.9 Å². The second-order valence-corrected chi connectivity index (χ2v) is 7.62. The Bertz CT molecular complexity index is 847. The molecule has 0 saturated carbocycles. The van der Waals surface area contributed by atoms with Crippen molar-refractivity contribution in [3.8, 4) is 5.75 Å². The Morgan fingerprint density at radius 1 is 1.03 bits per heavy atom. The number of ether oxygens (including phenoxy) is 2. The van der Waals surface area contributed by atoms with Gasteiger partial charge >= 0.3 is 6.09 Å². The third-order valence-electron chi connectivity index (χ3n) is 4.78. The zero-order chi connectivity index (χ0) is 22.1. The van der Waals surface area contributed by atoms with Crippen LogP contribution >= 0.6 is 0 Å². The third-order valence-corrected chi connectivity index (χ3v) is 4.78. The van der Waals surface area contributed by atoms with Crippen molar-refractivity contribution in [3.63, 3.8) is 0 Å². The summed E-state index contributed by atoms with van der Waals surface area (Å²) < 4.78 is 11.4. The number of benzene rings is 2. The summed E-state index contributed by atoms with van der Waals surface area (Å²) in [5, 5.41) is 21.3. The number of hydrogen-bond acceptors (Lipinski definition) is 6. The van der Waals surface area contributed by atoms with Crippen molar-refractivity contribution in [1.82, 2.24) is 0 Å². The van der Waals surface area contributed by atoms with Crippen LogP contribution in [0.3, 0.4) is 0 Å². The van der Waals surface area contributed by atoms with Gasteiger partial charge in [0.1, 0.15) is 18.5 Å². The molecule has 0 aliphatic carbocycles. The molecular weight excluding hydrogens is 386 g/mol. The molecule has 0 heterocycles. The van der Waals surface area contributed by atoms with E-state index < -0.39 is 17.6 Å². The van der Waals surface area contributed by atoms with Gasteiger partial charge in [-0.25, -0.2) is 4.79 Å². The van der Waals surface area contributed by atoms with Crippen LogP contribution in [0.25, 0.3) is 0 Å². The van der Waals surface area contributed by atoms with Gasteiger partial charge in [-0.1, -0.05) is 32.0 Å². The summed E-state index contributed by atoms with van der Waals surface area (Å²) >= 11 is 0. The molecule has 1 atom stereocenters. The third kappa shape index (κ3) is 6.30. The Kier molecular flexibility index (Phi) is 8.38. The lowest BCUT2D eigenvalue weighted by Gasteiger charge is -2.34. The van der Waals surface area contributed by atoms with Gasteiger partial charge in [-0.05, 0) is 43.7 Å². The number of carbonyl (C=O) groups excluding carboxylic acids is 2. The first-order chi connectivity index (χ1) is 14.3. The fourth-order valence-corrected chi connectivity index (χ4v) is 3.09. The topological polar surface area (TPSA) is 105 Å². The quantitative estimate of drug-likeness (QED) is 0.507. The highest BCUT2D eigenvalue weighted by molar-refractivity contribution is 5.95. The van der Waals surface area contributed by atoms with Gasteiger partial charge < -0.3 is 19.7 Å². The summed E-state index contributed by atoms with van der Waals surface area (Å²) in [4.78, 5) is 24.0. The smallest absolute Gasteiger partial charge is 0.412 e. The summed E-state index contributed by atoms with van der Waals surface area (Å²) in [6.45, 7) is 5.16. The van der Waals surface area contributed by atoms with Crippen LogP contribution in [0.15, 0.2) is 48.5 Å². The van der Waals surface area contributed by atoms with Crippen LogP contribution in [0, 0.1) is 5.41 Å². The van der Waals surface area contributed by atoms with Crippen molar-refractivity contribution < 1.29 is 29.3 Å². The largest absolute Gasteiger partial charge is 0.491 e. The number of nitrogens with one attached hydrogen (secondary N) is 1. The minimum atomic E-state index is -0.712. The lowest BCUT2D eigenvalue weighted by Crippen LogP contribution is -2.30. The summed E-state index contributed by atoms with van der Waals surface area (Å²) in [5.41, 5.74) is 1.09. The molecule has 2 rings (SSSR count). The lowest BCUT2D eigenvalue weighted by atomic mass is 9.79. The van der Waals surface area contributed by atoms with Crippen molar-refractivity contribution in [2.45, 2.75) is 33.3 Å². The molecule has 7 nitrogen and oxygen atoms in total. The normalized spacial score (nSPS) is 12.2. The van der Waals surface area contributed by atoms with E-state index in [1.807, 2.05) is 19.9 Å². The number of aliphatic hydroxyl groups excluding tert-OH is 2. The van der Waals surface area contributed by atoms with E-state index in [2.05, 4.69) is 5.32 Å². The minimum absolute atomic E-state index is 0.0607. The number of aliphatic hydroxyl groups is 2. The molecule has 0 unspecified atom stereocenters. The van der Waals surface area contributed by atoms with Crippen LogP contribution in [0.4, 0.5) is 10.5 Å². The minimum Gasteiger partial charge on any atom is -0.491 e. The molecule has 0 fully saturated rings. The molecule has 0 bridgehead atoms. The molecule has 7 heteroatoms. The zero-order valence-corrected chi connectivity index (χ0v) is 17.6. The molecular formula is C23H29NO6. The van der Waals surface area contributed by atoms with Crippen molar-refractivity contribution in [2.24, 2.45) is 5.41 Å². The number of carbonyl (C=O) groups is 2.